The zero-order valence-electron chi connectivity index (χ0n) is 6.62. The standard InChI is InChI=1S/C7H15N3S/c8-7(10-9)5-11-6-3-1-2-4-6/h6H,1-5,9H2,(H2,8,10). The Morgan fingerprint density at radius 1 is 1.45 bits per heavy atom. The molecule has 0 saturated heterocycles. The lowest BCUT2D eigenvalue weighted by atomic mass is 10.4. The molecule has 0 aromatic carbocycles. The maximum atomic E-state index is 5.46. The second-order valence-corrected chi connectivity index (χ2v) is 4.13. The molecule has 0 spiro atoms. The van der Waals surface area contributed by atoms with Gasteiger partial charge in [-0.25, -0.2) is 0 Å². The molecule has 64 valence electrons. The predicted octanol–water partition coefficient (Wildman–Crippen LogP) is 0.893. The van der Waals surface area contributed by atoms with E-state index in [9.17, 15) is 0 Å². The summed E-state index contributed by atoms with van der Waals surface area (Å²) in [6, 6.07) is 0. The minimum absolute atomic E-state index is 0.557. The van der Waals surface area contributed by atoms with Crippen molar-refractivity contribution in [1.29, 1.82) is 0 Å². The molecule has 0 radical (unpaired) electrons. The monoisotopic (exact) mass is 173 g/mol. The lowest BCUT2D eigenvalue weighted by molar-refractivity contribution is 0.886. The van der Waals surface area contributed by atoms with Crippen molar-refractivity contribution in [1.82, 2.24) is 0 Å². The highest BCUT2D eigenvalue weighted by atomic mass is 32.2. The second kappa shape index (κ2) is 4.49. The topological polar surface area (TPSA) is 64.4 Å². The van der Waals surface area contributed by atoms with Crippen LogP contribution in [-0.2, 0) is 0 Å². The highest BCUT2D eigenvalue weighted by molar-refractivity contribution is 8.00. The Bertz CT molecular complexity index is 141. The summed E-state index contributed by atoms with van der Waals surface area (Å²) in [5.41, 5.74) is 5.46. The minimum Gasteiger partial charge on any atom is -0.385 e. The van der Waals surface area contributed by atoms with Crippen LogP contribution in [0.25, 0.3) is 0 Å². The molecule has 4 N–H and O–H groups in total. The van der Waals surface area contributed by atoms with Gasteiger partial charge in [0, 0.05) is 5.25 Å². The molecule has 1 rings (SSSR count). The number of nitrogens with two attached hydrogens (primary N) is 2. The Balaban J connectivity index is 2.11. The largest absolute Gasteiger partial charge is 0.385 e. The number of thioether (sulfide) groups is 1. The van der Waals surface area contributed by atoms with E-state index >= 15 is 0 Å². The summed E-state index contributed by atoms with van der Waals surface area (Å²) >= 11 is 1.88. The van der Waals surface area contributed by atoms with Gasteiger partial charge in [0.2, 0.25) is 0 Å². The predicted molar refractivity (Wildman–Crippen MR) is 50.5 cm³/mol. The Morgan fingerprint density at radius 2 is 2.09 bits per heavy atom. The van der Waals surface area contributed by atoms with Crippen LogP contribution < -0.4 is 11.6 Å². The number of hydrazone groups is 1. The first-order chi connectivity index (χ1) is 5.33. The third-order valence-electron chi connectivity index (χ3n) is 1.93. The lowest BCUT2D eigenvalue weighted by Crippen LogP contribution is -2.18. The number of amidine groups is 1. The first kappa shape index (κ1) is 8.71. The van der Waals surface area contributed by atoms with Gasteiger partial charge >= 0.3 is 0 Å². The summed E-state index contributed by atoms with van der Waals surface area (Å²) in [5.74, 6) is 6.36. The summed E-state index contributed by atoms with van der Waals surface area (Å²) < 4.78 is 0. The van der Waals surface area contributed by atoms with Gasteiger partial charge < -0.3 is 11.6 Å². The Kier molecular flexibility index (Phi) is 3.56. The number of rotatable bonds is 3. The van der Waals surface area contributed by atoms with Crippen LogP contribution in [0.15, 0.2) is 5.10 Å². The van der Waals surface area contributed by atoms with Crippen LogP contribution in [0.2, 0.25) is 0 Å². The molecule has 0 aromatic heterocycles. The van der Waals surface area contributed by atoms with Gasteiger partial charge in [-0.2, -0.15) is 16.9 Å². The van der Waals surface area contributed by atoms with Crippen LogP contribution in [-0.4, -0.2) is 16.8 Å². The molecule has 3 nitrogen and oxygen atoms in total. The van der Waals surface area contributed by atoms with E-state index in [4.69, 9.17) is 11.6 Å². The van der Waals surface area contributed by atoms with Crippen LogP contribution >= 0.6 is 11.8 Å². The van der Waals surface area contributed by atoms with Gasteiger partial charge in [-0.1, -0.05) is 12.8 Å². The normalized spacial score (nSPS) is 20.9. The van der Waals surface area contributed by atoms with Gasteiger partial charge in [0.05, 0.1) is 5.75 Å². The molecule has 0 aliphatic heterocycles. The zero-order valence-corrected chi connectivity index (χ0v) is 7.44. The van der Waals surface area contributed by atoms with Crippen molar-refractivity contribution < 1.29 is 0 Å². The summed E-state index contributed by atoms with van der Waals surface area (Å²) in [6.07, 6.45) is 5.42. The summed E-state index contributed by atoms with van der Waals surface area (Å²) in [4.78, 5) is 0. The smallest absolute Gasteiger partial charge is 0.129 e. The van der Waals surface area contributed by atoms with Gasteiger partial charge in [-0.05, 0) is 12.8 Å². The molecule has 0 bridgehead atoms. The average Bonchev–Trinajstić information content (AvgIpc) is 2.52. The molecule has 1 aliphatic carbocycles. The van der Waals surface area contributed by atoms with Crippen LogP contribution in [0.1, 0.15) is 25.7 Å². The quantitative estimate of drug-likeness (QED) is 0.288. The van der Waals surface area contributed by atoms with E-state index in [-0.39, 0.29) is 0 Å². The molecular formula is C7H15N3S. The van der Waals surface area contributed by atoms with Crippen molar-refractivity contribution in [3.63, 3.8) is 0 Å². The van der Waals surface area contributed by atoms with Gasteiger partial charge in [0.25, 0.3) is 0 Å². The van der Waals surface area contributed by atoms with Crippen molar-refractivity contribution in [3.05, 3.63) is 0 Å². The van der Waals surface area contributed by atoms with E-state index in [2.05, 4.69) is 5.10 Å². The fourth-order valence-corrected chi connectivity index (χ4v) is 2.44. The van der Waals surface area contributed by atoms with Gasteiger partial charge in [-0.3, -0.25) is 0 Å². The molecule has 0 amide bonds. The highest BCUT2D eigenvalue weighted by Gasteiger charge is 2.15. The van der Waals surface area contributed by atoms with Crippen LogP contribution in [0.3, 0.4) is 0 Å². The fourth-order valence-electron chi connectivity index (χ4n) is 1.30. The van der Waals surface area contributed by atoms with E-state index in [1.807, 2.05) is 11.8 Å². The molecule has 0 unspecified atom stereocenters. The van der Waals surface area contributed by atoms with Crippen LogP contribution in [0.5, 0.6) is 0 Å². The maximum Gasteiger partial charge on any atom is 0.129 e. The molecule has 0 heterocycles. The number of hydrogen-bond donors (Lipinski definition) is 2. The van der Waals surface area contributed by atoms with E-state index < -0.39 is 0 Å². The lowest BCUT2D eigenvalue weighted by Gasteiger charge is -2.06. The highest BCUT2D eigenvalue weighted by Crippen LogP contribution is 2.28. The van der Waals surface area contributed by atoms with Crippen molar-refractivity contribution in [2.75, 3.05) is 5.75 Å². The van der Waals surface area contributed by atoms with Gasteiger partial charge in [0.15, 0.2) is 0 Å². The maximum absolute atomic E-state index is 5.46. The fraction of sp³-hybridized carbons (Fsp3) is 0.857. The Morgan fingerprint density at radius 3 is 2.64 bits per heavy atom. The number of nitrogens with zero attached hydrogens (tertiary/aromatic N) is 1. The molecule has 4 heteroatoms. The van der Waals surface area contributed by atoms with Crippen molar-refractivity contribution in [3.8, 4) is 0 Å². The van der Waals surface area contributed by atoms with Gasteiger partial charge in [-0.15, -0.1) is 0 Å². The molecule has 1 saturated carbocycles. The van der Waals surface area contributed by atoms with E-state index in [1.165, 1.54) is 25.7 Å². The molecule has 1 fully saturated rings. The molecular weight excluding hydrogens is 158 g/mol. The van der Waals surface area contributed by atoms with E-state index in [1.54, 1.807) is 0 Å². The first-order valence-electron chi connectivity index (χ1n) is 3.96. The van der Waals surface area contributed by atoms with E-state index in [0.717, 1.165) is 11.0 Å². The zero-order chi connectivity index (χ0) is 8.10. The average molecular weight is 173 g/mol. The first-order valence-corrected chi connectivity index (χ1v) is 5.01. The third-order valence-corrected chi connectivity index (χ3v) is 3.34. The molecule has 1 aliphatic rings. The summed E-state index contributed by atoms with van der Waals surface area (Å²) in [5, 5.41) is 4.22. The van der Waals surface area contributed by atoms with E-state index in [0.29, 0.717) is 5.84 Å². The van der Waals surface area contributed by atoms with Crippen molar-refractivity contribution >= 4 is 17.6 Å². The van der Waals surface area contributed by atoms with Crippen LogP contribution in [0.4, 0.5) is 0 Å². The van der Waals surface area contributed by atoms with Crippen molar-refractivity contribution in [2.24, 2.45) is 16.7 Å². The third kappa shape index (κ3) is 3.01. The molecule has 0 aromatic rings. The van der Waals surface area contributed by atoms with Crippen molar-refractivity contribution in [2.45, 2.75) is 30.9 Å². The summed E-state index contributed by atoms with van der Waals surface area (Å²) in [7, 11) is 0. The summed E-state index contributed by atoms with van der Waals surface area (Å²) in [6.45, 7) is 0. The molecule has 11 heavy (non-hydrogen) atoms. The Labute approximate surface area is 71.6 Å². The Hall–Kier alpha value is -0.380. The second-order valence-electron chi connectivity index (χ2n) is 2.84. The number of hydrogen-bond acceptors (Lipinski definition) is 3. The molecule has 0 atom stereocenters. The SMILES string of the molecule is N/N=C(\N)CSC1CCCC1. The van der Waals surface area contributed by atoms with Gasteiger partial charge in [0.1, 0.15) is 5.84 Å². The van der Waals surface area contributed by atoms with Crippen LogP contribution in [0, 0.1) is 0 Å². The minimum atomic E-state index is 0.557.